The number of rotatable bonds is 6. The number of likely N-dealkylation sites (tertiary alicyclic amines) is 1. The quantitative estimate of drug-likeness (QED) is 0.638. The third-order valence-corrected chi connectivity index (χ3v) is 6.89. The molecule has 1 fully saturated rings. The molecule has 10 heteroatoms. The Kier molecular flexibility index (Phi) is 6.11. The van der Waals surface area contributed by atoms with Crippen LogP contribution < -0.4 is 5.76 Å². The predicted octanol–water partition coefficient (Wildman–Crippen LogP) is 1.10. The van der Waals surface area contributed by atoms with Crippen molar-refractivity contribution in [2.75, 3.05) is 25.4 Å². The molecule has 3 rings (SSSR count). The fourth-order valence-electron chi connectivity index (χ4n) is 3.43. The van der Waals surface area contributed by atoms with Crippen LogP contribution in [-0.4, -0.2) is 55.2 Å². The highest BCUT2D eigenvalue weighted by molar-refractivity contribution is 7.91. The summed E-state index contributed by atoms with van der Waals surface area (Å²) >= 11 is 0. The van der Waals surface area contributed by atoms with E-state index in [1.807, 2.05) is 0 Å². The number of esters is 1. The maximum absolute atomic E-state index is 12.6. The fraction of sp³-hybridized carbons (Fsp3) is 0.526. The molecule has 29 heavy (non-hydrogen) atoms. The van der Waals surface area contributed by atoms with Gasteiger partial charge in [-0.05, 0) is 31.9 Å². The number of ether oxygens (including phenoxy) is 1. The number of nitrogens with zero attached hydrogens (tertiary/aromatic N) is 2. The van der Waals surface area contributed by atoms with E-state index in [-0.39, 0.29) is 40.4 Å². The molecule has 0 unspecified atom stereocenters. The van der Waals surface area contributed by atoms with Crippen LogP contribution in [0.15, 0.2) is 32.3 Å². The number of amides is 1. The molecule has 9 nitrogen and oxygen atoms in total. The number of hydrogen-bond acceptors (Lipinski definition) is 7. The first-order valence-corrected chi connectivity index (χ1v) is 11.1. The first-order chi connectivity index (χ1) is 13.7. The Bertz CT molecular complexity index is 1080. The lowest BCUT2D eigenvalue weighted by Gasteiger charge is -2.30. The van der Waals surface area contributed by atoms with Gasteiger partial charge in [0.2, 0.25) is 5.91 Å². The monoisotopic (exact) mass is 424 g/mol. The largest absolute Gasteiger partial charge is 0.466 e. The summed E-state index contributed by atoms with van der Waals surface area (Å²) in [5.74, 6) is -1.63. The summed E-state index contributed by atoms with van der Waals surface area (Å²) in [5, 5.41) is 0. The van der Waals surface area contributed by atoms with E-state index in [1.165, 1.54) is 29.8 Å². The van der Waals surface area contributed by atoms with E-state index >= 15 is 0 Å². The molecule has 1 aromatic heterocycles. The molecular formula is C19H24N2O7S. The van der Waals surface area contributed by atoms with Crippen molar-refractivity contribution in [3.05, 3.63) is 28.7 Å². The number of carbonyl (C=O) groups excluding carboxylic acids is 2. The molecule has 2 aromatic rings. The Balaban J connectivity index is 1.60. The highest BCUT2D eigenvalue weighted by Crippen LogP contribution is 2.22. The van der Waals surface area contributed by atoms with Gasteiger partial charge in [0.15, 0.2) is 15.4 Å². The lowest BCUT2D eigenvalue weighted by Crippen LogP contribution is -2.41. The van der Waals surface area contributed by atoms with Gasteiger partial charge in [-0.15, -0.1) is 0 Å². The number of hydrogen-bond donors (Lipinski definition) is 0. The Morgan fingerprint density at radius 2 is 1.93 bits per heavy atom. The molecule has 1 aliphatic heterocycles. The molecule has 158 valence electrons. The Labute approximate surface area is 168 Å². The highest BCUT2D eigenvalue weighted by atomic mass is 32.2. The lowest BCUT2D eigenvalue weighted by molar-refractivity contribution is -0.151. The molecule has 0 atom stereocenters. The van der Waals surface area contributed by atoms with E-state index in [0.29, 0.717) is 38.1 Å². The van der Waals surface area contributed by atoms with Gasteiger partial charge in [0.25, 0.3) is 0 Å². The Morgan fingerprint density at radius 3 is 2.59 bits per heavy atom. The van der Waals surface area contributed by atoms with Crippen molar-refractivity contribution >= 4 is 32.8 Å². The third-order valence-electron chi connectivity index (χ3n) is 5.18. The molecule has 0 saturated carbocycles. The first kappa shape index (κ1) is 21.1. The minimum Gasteiger partial charge on any atom is -0.466 e. The van der Waals surface area contributed by atoms with Crippen molar-refractivity contribution in [1.29, 1.82) is 0 Å². The molecule has 1 amide bonds. The first-order valence-electron chi connectivity index (χ1n) is 9.49. The number of carbonyl (C=O) groups is 2. The summed E-state index contributed by atoms with van der Waals surface area (Å²) in [7, 11) is -2.18. The Hall–Kier alpha value is -2.62. The van der Waals surface area contributed by atoms with Gasteiger partial charge in [0.1, 0.15) is 0 Å². The summed E-state index contributed by atoms with van der Waals surface area (Å²) in [6.07, 6.45) is 0.880. The van der Waals surface area contributed by atoms with Crippen LogP contribution in [0.4, 0.5) is 0 Å². The molecule has 1 saturated heterocycles. The second kappa shape index (κ2) is 8.40. The number of sulfone groups is 1. The summed E-state index contributed by atoms with van der Waals surface area (Å²) < 4.78 is 36.5. The standard InChI is InChI=1S/C19H24N2O7S/c1-3-27-18(23)13-6-9-21(10-7-13)17(22)8-11-29(25,26)14-4-5-15-16(12-14)28-19(24)20(15)2/h4-5,12-13H,3,6-11H2,1-2H3. The number of benzene rings is 1. The maximum Gasteiger partial charge on any atom is 0.419 e. The van der Waals surface area contributed by atoms with Crippen LogP contribution in [0, 0.1) is 5.92 Å². The second-order valence-electron chi connectivity index (χ2n) is 7.03. The summed E-state index contributed by atoms with van der Waals surface area (Å²) in [4.78, 5) is 37.3. The molecular weight excluding hydrogens is 400 g/mol. The second-order valence-corrected chi connectivity index (χ2v) is 9.14. The highest BCUT2D eigenvalue weighted by Gasteiger charge is 2.29. The van der Waals surface area contributed by atoms with Crippen LogP contribution >= 0.6 is 0 Å². The fourth-order valence-corrected chi connectivity index (χ4v) is 4.67. The molecule has 1 aliphatic rings. The number of fused-ring (bicyclic) bond motifs is 1. The zero-order chi connectivity index (χ0) is 21.2. The van der Waals surface area contributed by atoms with Crippen molar-refractivity contribution < 1.29 is 27.2 Å². The third kappa shape index (κ3) is 4.52. The van der Waals surface area contributed by atoms with Crippen LogP contribution in [0.1, 0.15) is 26.2 Å². The summed E-state index contributed by atoms with van der Waals surface area (Å²) in [5.41, 5.74) is 0.681. The number of piperidine rings is 1. The van der Waals surface area contributed by atoms with Gasteiger partial charge in [-0.1, -0.05) is 0 Å². The van der Waals surface area contributed by atoms with Crippen LogP contribution in [0.5, 0.6) is 0 Å². The van der Waals surface area contributed by atoms with Crippen molar-refractivity contribution in [1.82, 2.24) is 9.47 Å². The van der Waals surface area contributed by atoms with E-state index < -0.39 is 15.6 Å². The molecule has 1 aromatic carbocycles. The molecule has 0 bridgehead atoms. The van der Waals surface area contributed by atoms with E-state index in [1.54, 1.807) is 11.8 Å². The van der Waals surface area contributed by atoms with Gasteiger partial charge in [-0.2, -0.15) is 0 Å². The minimum atomic E-state index is -3.71. The topological polar surface area (TPSA) is 116 Å². The molecule has 0 N–H and O–H groups in total. The molecule has 0 aliphatic carbocycles. The number of aromatic nitrogens is 1. The smallest absolute Gasteiger partial charge is 0.419 e. The summed E-state index contributed by atoms with van der Waals surface area (Å²) in [6.45, 7) is 2.89. The Morgan fingerprint density at radius 1 is 1.24 bits per heavy atom. The average molecular weight is 424 g/mol. The SMILES string of the molecule is CCOC(=O)C1CCN(C(=O)CCS(=O)(=O)c2ccc3c(c2)oc(=O)n3C)CC1. The van der Waals surface area contributed by atoms with Gasteiger partial charge < -0.3 is 14.1 Å². The van der Waals surface area contributed by atoms with Crippen LogP contribution in [0.2, 0.25) is 0 Å². The molecule has 0 radical (unpaired) electrons. The predicted molar refractivity (Wildman–Crippen MR) is 104 cm³/mol. The van der Waals surface area contributed by atoms with Crippen molar-refractivity contribution in [3.8, 4) is 0 Å². The zero-order valence-corrected chi connectivity index (χ0v) is 17.2. The minimum absolute atomic E-state index is 0.00756. The van der Waals surface area contributed by atoms with Crippen LogP contribution in [-0.2, 0) is 31.2 Å². The summed E-state index contributed by atoms with van der Waals surface area (Å²) in [6, 6.07) is 4.22. The van der Waals surface area contributed by atoms with Crippen LogP contribution in [0.3, 0.4) is 0 Å². The zero-order valence-electron chi connectivity index (χ0n) is 16.4. The lowest BCUT2D eigenvalue weighted by atomic mass is 9.97. The van der Waals surface area contributed by atoms with E-state index in [4.69, 9.17) is 9.15 Å². The van der Waals surface area contributed by atoms with E-state index in [2.05, 4.69) is 0 Å². The van der Waals surface area contributed by atoms with Crippen LogP contribution in [0.25, 0.3) is 11.1 Å². The van der Waals surface area contributed by atoms with Gasteiger partial charge in [-0.25, -0.2) is 13.2 Å². The van der Waals surface area contributed by atoms with Crippen molar-refractivity contribution in [3.63, 3.8) is 0 Å². The molecule has 2 heterocycles. The number of aryl methyl sites for hydroxylation is 1. The van der Waals surface area contributed by atoms with Gasteiger partial charge in [0, 0.05) is 32.6 Å². The van der Waals surface area contributed by atoms with Crippen molar-refractivity contribution in [2.24, 2.45) is 13.0 Å². The van der Waals surface area contributed by atoms with E-state index in [0.717, 1.165) is 0 Å². The van der Waals surface area contributed by atoms with E-state index in [9.17, 15) is 22.8 Å². The number of oxazole rings is 1. The van der Waals surface area contributed by atoms with Gasteiger partial charge >= 0.3 is 11.7 Å². The molecule has 0 spiro atoms. The normalized spacial score (nSPS) is 15.6. The van der Waals surface area contributed by atoms with Gasteiger partial charge in [-0.3, -0.25) is 14.2 Å². The maximum atomic E-state index is 12.6. The van der Waals surface area contributed by atoms with Gasteiger partial charge in [0.05, 0.1) is 28.7 Å². The van der Waals surface area contributed by atoms with Crippen molar-refractivity contribution in [2.45, 2.75) is 31.1 Å². The average Bonchev–Trinajstić information content (AvgIpc) is 3.00.